The minimum Gasteiger partial charge on any atom is -0.394 e. The quantitative estimate of drug-likeness (QED) is 0.386. The van der Waals surface area contributed by atoms with E-state index in [1.165, 1.54) is 7.11 Å². The van der Waals surface area contributed by atoms with Gasteiger partial charge >= 0.3 is 0 Å². The van der Waals surface area contributed by atoms with E-state index < -0.39 is 37.3 Å². The Morgan fingerprint density at radius 1 is 1.15 bits per heavy atom. The maximum Gasteiger partial charge on any atom is 0.186 e. The third-order valence-electron chi connectivity index (χ3n) is 2.08. The molecule has 4 N–H and O–H groups in total. The summed E-state index contributed by atoms with van der Waals surface area (Å²) in [5.41, 5.74) is 0. The lowest BCUT2D eigenvalue weighted by Crippen LogP contribution is -2.58. The third kappa shape index (κ3) is 1.98. The fraction of sp³-hybridized carbons (Fsp3) is 1.00. The second-order valence-corrected chi connectivity index (χ2v) is 2.93. The molecule has 1 fully saturated rings. The summed E-state index contributed by atoms with van der Waals surface area (Å²) in [4.78, 5) is 0. The molecule has 78 valence electrons. The van der Waals surface area contributed by atoms with Crippen LogP contribution in [0.1, 0.15) is 0 Å². The molecule has 0 aromatic heterocycles. The number of rotatable bonds is 2. The van der Waals surface area contributed by atoms with Crippen molar-refractivity contribution in [3.63, 3.8) is 0 Å². The first-order valence-electron chi connectivity index (χ1n) is 3.95. The monoisotopic (exact) mass is 194 g/mol. The Kier molecular flexibility index (Phi) is 3.60. The van der Waals surface area contributed by atoms with E-state index in [9.17, 15) is 15.3 Å². The van der Waals surface area contributed by atoms with Crippen LogP contribution in [0.4, 0.5) is 0 Å². The molecule has 1 rings (SSSR count). The number of ether oxygens (including phenoxy) is 2. The number of aliphatic hydroxyl groups excluding tert-OH is 4. The molecule has 5 atom stereocenters. The van der Waals surface area contributed by atoms with Gasteiger partial charge in [-0.1, -0.05) is 0 Å². The molecule has 0 saturated carbocycles. The first kappa shape index (κ1) is 10.8. The highest BCUT2D eigenvalue weighted by Gasteiger charge is 2.43. The zero-order valence-electron chi connectivity index (χ0n) is 7.20. The summed E-state index contributed by atoms with van der Waals surface area (Å²) in [6.45, 7) is -0.440. The maximum atomic E-state index is 9.28. The van der Waals surface area contributed by atoms with Gasteiger partial charge in [0.25, 0.3) is 0 Å². The Morgan fingerprint density at radius 2 is 1.77 bits per heavy atom. The van der Waals surface area contributed by atoms with Crippen molar-refractivity contribution in [2.75, 3.05) is 13.7 Å². The molecule has 0 bridgehead atoms. The highest BCUT2D eigenvalue weighted by molar-refractivity contribution is 4.88. The summed E-state index contributed by atoms with van der Waals surface area (Å²) >= 11 is 0. The Labute approximate surface area is 75.3 Å². The van der Waals surface area contributed by atoms with Crippen molar-refractivity contribution in [2.24, 2.45) is 0 Å². The molecule has 1 aliphatic heterocycles. The third-order valence-corrected chi connectivity index (χ3v) is 2.08. The van der Waals surface area contributed by atoms with Crippen LogP contribution in [-0.4, -0.2) is 64.8 Å². The lowest BCUT2D eigenvalue weighted by Gasteiger charge is -2.38. The van der Waals surface area contributed by atoms with E-state index >= 15 is 0 Å². The van der Waals surface area contributed by atoms with E-state index in [2.05, 4.69) is 0 Å². The van der Waals surface area contributed by atoms with Crippen LogP contribution >= 0.6 is 0 Å². The fourth-order valence-corrected chi connectivity index (χ4v) is 1.26. The molecule has 0 amide bonds. The van der Waals surface area contributed by atoms with Gasteiger partial charge in [0.1, 0.15) is 24.4 Å². The lowest BCUT2D eigenvalue weighted by molar-refractivity contribution is -0.294. The van der Waals surface area contributed by atoms with Crippen molar-refractivity contribution in [3.05, 3.63) is 0 Å². The van der Waals surface area contributed by atoms with Gasteiger partial charge in [-0.05, 0) is 0 Å². The van der Waals surface area contributed by atoms with Crippen molar-refractivity contribution in [1.29, 1.82) is 0 Å². The van der Waals surface area contributed by atoms with Gasteiger partial charge in [-0.15, -0.1) is 0 Å². The van der Waals surface area contributed by atoms with Crippen molar-refractivity contribution in [2.45, 2.75) is 30.7 Å². The van der Waals surface area contributed by atoms with Crippen LogP contribution in [0.15, 0.2) is 0 Å². The minimum absolute atomic E-state index is 0.440. The van der Waals surface area contributed by atoms with Crippen molar-refractivity contribution in [3.8, 4) is 0 Å². The number of hydrogen-bond donors (Lipinski definition) is 4. The predicted molar refractivity (Wildman–Crippen MR) is 40.8 cm³/mol. The molecular formula is C7H14O6. The Hall–Kier alpha value is -0.240. The molecular weight excluding hydrogens is 180 g/mol. The molecule has 6 heteroatoms. The standard InChI is InChI=1S/C7H14O6/c1-12-7-6(11)5(10)4(9)3(2-8)13-7/h3-11H,2H2,1H3/t3-,4+,5-,6+,7-/m0/s1. The Morgan fingerprint density at radius 3 is 2.23 bits per heavy atom. The summed E-state index contributed by atoms with van der Waals surface area (Å²) in [7, 11) is 1.30. The predicted octanol–water partition coefficient (Wildman–Crippen LogP) is -2.57. The number of methoxy groups -OCH3 is 1. The summed E-state index contributed by atoms with van der Waals surface area (Å²) in [6, 6.07) is 0. The fourth-order valence-electron chi connectivity index (χ4n) is 1.26. The van der Waals surface area contributed by atoms with Crippen LogP contribution in [0.25, 0.3) is 0 Å². The molecule has 13 heavy (non-hydrogen) atoms. The molecule has 0 aromatic rings. The van der Waals surface area contributed by atoms with E-state index in [4.69, 9.17) is 14.6 Å². The minimum atomic E-state index is -1.36. The highest BCUT2D eigenvalue weighted by atomic mass is 16.7. The summed E-state index contributed by atoms with van der Waals surface area (Å²) in [5.74, 6) is 0. The van der Waals surface area contributed by atoms with Crippen molar-refractivity contribution in [1.82, 2.24) is 0 Å². The van der Waals surface area contributed by atoms with Gasteiger partial charge in [0.15, 0.2) is 6.29 Å². The average molecular weight is 194 g/mol. The largest absolute Gasteiger partial charge is 0.394 e. The highest BCUT2D eigenvalue weighted by Crippen LogP contribution is 2.20. The second-order valence-electron chi connectivity index (χ2n) is 2.93. The molecule has 6 nitrogen and oxygen atoms in total. The summed E-state index contributed by atoms with van der Waals surface area (Å²) in [5, 5.41) is 36.6. The van der Waals surface area contributed by atoms with Crippen LogP contribution < -0.4 is 0 Å². The first-order chi connectivity index (χ1) is 6.11. The van der Waals surface area contributed by atoms with Gasteiger partial charge in [0.2, 0.25) is 0 Å². The zero-order valence-corrected chi connectivity index (χ0v) is 7.20. The molecule has 0 aliphatic carbocycles. The summed E-state index contributed by atoms with van der Waals surface area (Å²) in [6.07, 6.45) is -5.91. The molecule has 0 spiro atoms. The smallest absolute Gasteiger partial charge is 0.186 e. The van der Waals surface area contributed by atoms with E-state index in [0.29, 0.717) is 0 Å². The second kappa shape index (κ2) is 4.32. The van der Waals surface area contributed by atoms with Gasteiger partial charge in [-0.2, -0.15) is 0 Å². The van der Waals surface area contributed by atoms with Gasteiger partial charge in [-0.3, -0.25) is 0 Å². The SMILES string of the molecule is CO[C@H]1O[C@@H](CO)[C@@H](O)[C@H](O)[C@H]1O. The number of hydrogen-bond acceptors (Lipinski definition) is 6. The Balaban J connectivity index is 2.66. The first-order valence-corrected chi connectivity index (χ1v) is 3.95. The van der Waals surface area contributed by atoms with Gasteiger partial charge in [-0.25, -0.2) is 0 Å². The van der Waals surface area contributed by atoms with Crippen LogP contribution in [-0.2, 0) is 9.47 Å². The normalized spacial score (nSPS) is 46.4. The summed E-state index contributed by atoms with van der Waals surface area (Å²) < 4.78 is 9.65. The van der Waals surface area contributed by atoms with Gasteiger partial charge in [0.05, 0.1) is 6.61 Å². The topological polar surface area (TPSA) is 99.4 Å². The lowest BCUT2D eigenvalue weighted by atomic mass is 9.99. The van der Waals surface area contributed by atoms with Crippen molar-refractivity contribution >= 4 is 0 Å². The van der Waals surface area contributed by atoms with Crippen LogP contribution in [0, 0.1) is 0 Å². The van der Waals surface area contributed by atoms with Crippen LogP contribution in [0.5, 0.6) is 0 Å². The molecule has 0 radical (unpaired) electrons. The number of aliphatic hydroxyl groups is 4. The Bertz CT molecular complexity index is 143. The average Bonchev–Trinajstić information content (AvgIpc) is 2.15. The van der Waals surface area contributed by atoms with Gasteiger partial charge in [0, 0.05) is 7.11 Å². The molecule has 1 heterocycles. The molecule has 0 unspecified atom stereocenters. The van der Waals surface area contributed by atoms with Crippen LogP contribution in [0.3, 0.4) is 0 Å². The van der Waals surface area contributed by atoms with E-state index in [0.717, 1.165) is 0 Å². The van der Waals surface area contributed by atoms with E-state index in [1.54, 1.807) is 0 Å². The van der Waals surface area contributed by atoms with E-state index in [-0.39, 0.29) is 0 Å². The molecule has 1 saturated heterocycles. The molecule has 1 aliphatic rings. The van der Waals surface area contributed by atoms with Crippen molar-refractivity contribution < 1.29 is 29.9 Å². The van der Waals surface area contributed by atoms with E-state index in [1.807, 2.05) is 0 Å². The maximum absolute atomic E-state index is 9.28. The van der Waals surface area contributed by atoms with Crippen LogP contribution in [0.2, 0.25) is 0 Å². The van der Waals surface area contributed by atoms with Gasteiger partial charge < -0.3 is 29.9 Å². The molecule has 0 aromatic carbocycles. The zero-order chi connectivity index (χ0) is 10.0.